The number of nitrogens with one attached hydrogen (secondary N) is 1. The van der Waals surface area contributed by atoms with Gasteiger partial charge in [-0.25, -0.2) is 4.98 Å². The molecule has 2 saturated heterocycles. The molecule has 1 amide bonds. The number of halogens is 1. The summed E-state index contributed by atoms with van der Waals surface area (Å²) in [6.07, 6.45) is 3.47. The Labute approximate surface area is 134 Å². The summed E-state index contributed by atoms with van der Waals surface area (Å²) in [6.45, 7) is 3.54. The van der Waals surface area contributed by atoms with E-state index in [0.717, 1.165) is 25.9 Å². The Hall–Kier alpha value is -1.21. The maximum absolute atomic E-state index is 12.0. The zero-order valence-electron chi connectivity index (χ0n) is 12.3. The first-order chi connectivity index (χ1) is 10.7. The molecule has 0 aromatic carbocycles. The van der Waals surface area contributed by atoms with Crippen molar-refractivity contribution in [2.75, 3.05) is 38.2 Å². The van der Waals surface area contributed by atoms with Crippen molar-refractivity contribution >= 4 is 23.3 Å². The Morgan fingerprint density at radius 3 is 2.68 bits per heavy atom. The summed E-state index contributed by atoms with van der Waals surface area (Å²) >= 11 is 5.77. The molecule has 1 aromatic rings. The van der Waals surface area contributed by atoms with Gasteiger partial charge < -0.3 is 14.8 Å². The summed E-state index contributed by atoms with van der Waals surface area (Å²) in [4.78, 5) is 18.2. The van der Waals surface area contributed by atoms with Crippen LogP contribution in [-0.2, 0) is 14.3 Å². The van der Waals surface area contributed by atoms with Crippen LogP contribution in [0, 0.1) is 5.92 Å². The Kier molecular flexibility index (Phi) is 5.25. The third-order valence-electron chi connectivity index (χ3n) is 4.03. The van der Waals surface area contributed by atoms with Crippen LogP contribution in [0.1, 0.15) is 12.8 Å². The van der Waals surface area contributed by atoms with Gasteiger partial charge in [0.05, 0.1) is 24.8 Å². The molecule has 0 bridgehead atoms. The van der Waals surface area contributed by atoms with Gasteiger partial charge in [0.1, 0.15) is 5.82 Å². The highest BCUT2D eigenvalue weighted by atomic mass is 35.5. The van der Waals surface area contributed by atoms with Crippen LogP contribution in [0.25, 0.3) is 0 Å². The summed E-state index contributed by atoms with van der Waals surface area (Å²) in [6, 6.07) is 3.40. The molecule has 7 heteroatoms. The molecule has 0 atom stereocenters. The van der Waals surface area contributed by atoms with Crippen molar-refractivity contribution in [2.45, 2.75) is 19.1 Å². The van der Waals surface area contributed by atoms with E-state index in [0.29, 0.717) is 36.5 Å². The second-order valence-electron chi connectivity index (χ2n) is 5.63. The summed E-state index contributed by atoms with van der Waals surface area (Å²) in [5.41, 5.74) is 0. The minimum absolute atomic E-state index is 0.0470. The van der Waals surface area contributed by atoms with E-state index in [2.05, 4.69) is 15.2 Å². The van der Waals surface area contributed by atoms with Crippen LogP contribution in [-0.4, -0.2) is 54.9 Å². The number of pyridine rings is 1. The van der Waals surface area contributed by atoms with Crippen LogP contribution in [0.3, 0.4) is 0 Å². The number of carbonyl (C=O) groups excluding carboxylic acids is 1. The lowest BCUT2D eigenvalue weighted by Gasteiger charge is -2.33. The molecular formula is C15H20ClN3O3. The van der Waals surface area contributed by atoms with Gasteiger partial charge in [0.25, 0.3) is 0 Å². The molecule has 2 aliphatic rings. The highest BCUT2D eigenvalue weighted by Gasteiger charge is 2.30. The smallest absolute Gasteiger partial charge is 0.239 e. The monoisotopic (exact) mass is 325 g/mol. The van der Waals surface area contributed by atoms with Gasteiger partial charge in [0.15, 0.2) is 6.29 Å². The van der Waals surface area contributed by atoms with Gasteiger partial charge in [-0.05, 0) is 38.1 Å². The van der Waals surface area contributed by atoms with Crippen LogP contribution in [0.5, 0.6) is 0 Å². The number of piperidine rings is 1. The minimum Gasteiger partial charge on any atom is -0.350 e. The number of hydrogen-bond donors (Lipinski definition) is 1. The topological polar surface area (TPSA) is 63.7 Å². The molecule has 6 nitrogen and oxygen atoms in total. The number of amides is 1. The first kappa shape index (κ1) is 15.7. The number of aromatic nitrogens is 1. The zero-order chi connectivity index (χ0) is 15.4. The number of nitrogens with zero attached hydrogens (tertiary/aromatic N) is 2. The molecule has 3 heterocycles. The number of carbonyl (C=O) groups is 1. The van der Waals surface area contributed by atoms with Crippen molar-refractivity contribution in [2.24, 2.45) is 5.92 Å². The van der Waals surface area contributed by atoms with E-state index in [9.17, 15) is 4.79 Å². The largest absolute Gasteiger partial charge is 0.350 e. The molecule has 120 valence electrons. The summed E-state index contributed by atoms with van der Waals surface area (Å²) < 4.78 is 11.1. The molecule has 22 heavy (non-hydrogen) atoms. The summed E-state index contributed by atoms with van der Waals surface area (Å²) in [5.74, 6) is 0.915. The SMILES string of the molecule is O=C(CN1CCC(C2OCCO2)CC1)Nc1ccc(Cl)cn1. The molecule has 3 rings (SSSR count). The van der Waals surface area contributed by atoms with Crippen LogP contribution in [0.4, 0.5) is 5.82 Å². The molecule has 0 unspecified atom stereocenters. The van der Waals surface area contributed by atoms with Crippen molar-refractivity contribution in [3.63, 3.8) is 0 Å². The van der Waals surface area contributed by atoms with Gasteiger partial charge in [-0.15, -0.1) is 0 Å². The Morgan fingerprint density at radius 1 is 1.32 bits per heavy atom. The molecule has 1 N–H and O–H groups in total. The quantitative estimate of drug-likeness (QED) is 0.914. The fourth-order valence-corrected chi connectivity index (χ4v) is 2.98. The normalized spacial score (nSPS) is 21.1. The minimum atomic E-state index is -0.0540. The first-order valence-corrected chi connectivity index (χ1v) is 7.95. The van der Waals surface area contributed by atoms with Crippen molar-refractivity contribution in [3.05, 3.63) is 23.4 Å². The number of anilines is 1. The first-order valence-electron chi connectivity index (χ1n) is 7.58. The van der Waals surface area contributed by atoms with Crippen LogP contribution >= 0.6 is 11.6 Å². The summed E-state index contributed by atoms with van der Waals surface area (Å²) in [5, 5.41) is 3.34. The van der Waals surface area contributed by atoms with Gasteiger partial charge >= 0.3 is 0 Å². The van der Waals surface area contributed by atoms with E-state index < -0.39 is 0 Å². The number of hydrogen-bond acceptors (Lipinski definition) is 5. The highest BCUT2D eigenvalue weighted by molar-refractivity contribution is 6.30. The van der Waals surface area contributed by atoms with Crippen LogP contribution < -0.4 is 5.32 Å². The van der Waals surface area contributed by atoms with Crippen molar-refractivity contribution < 1.29 is 14.3 Å². The third-order valence-corrected chi connectivity index (χ3v) is 4.25. The number of ether oxygens (including phenoxy) is 2. The number of likely N-dealkylation sites (tertiary alicyclic amines) is 1. The molecule has 0 radical (unpaired) electrons. The average molecular weight is 326 g/mol. The molecule has 0 spiro atoms. The Balaban J connectivity index is 1.42. The van der Waals surface area contributed by atoms with E-state index in [1.807, 2.05) is 0 Å². The fraction of sp³-hybridized carbons (Fsp3) is 0.600. The lowest BCUT2D eigenvalue weighted by atomic mass is 9.96. The molecule has 2 fully saturated rings. The van der Waals surface area contributed by atoms with Crippen molar-refractivity contribution in [1.82, 2.24) is 9.88 Å². The average Bonchev–Trinajstić information content (AvgIpc) is 3.05. The van der Waals surface area contributed by atoms with Gasteiger partial charge in [-0.2, -0.15) is 0 Å². The van der Waals surface area contributed by atoms with E-state index >= 15 is 0 Å². The second kappa shape index (κ2) is 7.37. The lowest BCUT2D eigenvalue weighted by Crippen LogP contribution is -2.41. The van der Waals surface area contributed by atoms with Gasteiger partial charge in [-0.3, -0.25) is 9.69 Å². The van der Waals surface area contributed by atoms with Crippen LogP contribution in [0.15, 0.2) is 18.3 Å². The Bertz CT molecular complexity index is 497. The predicted molar refractivity (Wildman–Crippen MR) is 82.7 cm³/mol. The maximum atomic E-state index is 12.0. The van der Waals surface area contributed by atoms with E-state index in [1.165, 1.54) is 6.20 Å². The van der Waals surface area contributed by atoms with E-state index in [1.54, 1.807) is 12.1 Å². The van der Waals surface area contributed by atoms with Crippen molar-refractivity contribution in [3.8, 4) is 0 Å². The highest BCUT2D eigenvalue weighted by Crippen LogP contribution is 2.25. The zero-order valence-corrected chi connectivity index (χ0v) is 13.1. The van der Waals surface area contributed by atoms with Gasteiger partial charge in [0.2, 0.25) is 5.91 Å². The molecule has 0 saturated carbocycles. The third kappa shape index (κ3) is 4.16. The standard InChI is InChI=1S/C15H20ClN3O3/c16-12-1-2-13(17-9-12)18-14(20)10-19-5-3-11(4-6-19)15-21-7-8-22-15/h1-2,9,11,15H,3-8,10H2,(H,17,18,20). The molecule has 2 aliphatic heterocycles. The lowest BCUT2D eigenvalue weighted by molar-refractivity contribution is -0.119. The molecular weight excluding hydrogens is 306 g/mol. The summed E-state index contributed by atoms with van der Waals surface area (Å²) in [7, 11) is 0. The van der Waals surface area contributed by atoms with E-state index in [-0.39, 0.29) is 12.2 Å². The second-order valence-corrected chi connectivity index (χ2v) is 6.07. The number of rotatable bonds is 4. The molecule has 1 aromatic heterocycles. The van der Waals surface area contributed by atoms with Crippen molar-refractivity contribution in [1.29, 1.82) is 0 Å². The Morgan fingerprint density at radius 2 is 2.05 bits per heavy atom. The maximum Gasteiger partial charge on any atom is 0.239 e. The van der Waals surface area contributed by atoms with Gasteiger partial charge in [-0.1, -0.05) is 11.6 Å². The van der Waals surface area contributed by atoms with Gasteiger partial charge in [0, 0.05) is 12.1 Å². The fourth-order valence-electron chi connectivity index (χ4n) is 2.87. The van der Waals surface area contributed by atoms with Crippen LogP contribution in [0.2, 0.25) is 5.02 Å². The molecule has 0 aliphatic carbocycles. The predicted octanol–water partition coefficient (Wildman–Crippen LogP) is 1.76. The van der Waals surface area contributed by atoms with E-state index in [4.69, 9.17) is 21.1 Å².